The quantitative estimate of drug-likeness (QED) is 0.810. The van der Waals surface area contributed by atoms with Crippen molar-refractivity contribution in [2.45, 2.75) is 19.3 Å². The van der Waals surface area contributed by atoms with E-state index >= 15 is 0 Å². The summed E-state index contributed by atoms with van der Waals surface area (Å²) in [5.41, 5.74) is 0.750. The monoisotopic (exact) mass is 216 g/mol. The van der Waals surface area contributed by atoms with Crippen LogP contribution in [0.1, 0.15) is 19.4 Å². The molecule has 2 aromatic carbocycles. The van der Waals surface area contributed by atoms with Gasteiger partial charge in [0.15, 0.2) is 0 Å². The van der Waals surface area contributed by atoms with Gasteiger partial charge in [-0.05, 0) is 23.1 Å². The van der Waals surface area contributed by atoms with E-state index in [9.17, 15) is 10.2 Å². The van der Waals surface area contributed by atoms with Gasteiger partial charge in [0.25, 0.3) is 0 Å². The largest absolute Gasteiger partial charge is 0.507 e. The zero-order chi connectivity index (χ0) is 11.8. The number of phenols is 1. The minimum absolute atomic E-state index is 0.0894. The van der Waals surface area contributed by atoms with Crippen molar-refractivity contribution in [3.8, 4) is 5.75 Å². The Kier molecular flexibility index (Phi) is 2.60. The summed E-state index contributed by atoms with van der Waals surface area (Å²) in [5.74, 6) is 0.285. The van der Waals surface area contributed by atoms with E-state index < -0.39 is 0 Å². The normalized spacial score (nSPS) is 11.9. The predicted molar refractivity (Wildman–Crippen MR) is 65.7 cm³/mol. The molecule has 0 heterocycles. The van der Waals surface area contributed by atoms with Crippen LogP contribution >= 0.6 is 0 Å². The molecule has 0 aromatic heterocycles. The zero-order valence-electron chi connectivity index (χ0n) is 9.57. The van der Waals surface area contributed by atoms with Gasteiger partial charge in [-0.25, -0.2) is 0 Å². The summed E-state index contributed by atoms with van der Waals surface area (Å²) in [6.07, 6.45) is 0. The second-order valence-electron chi connectivity index (χ2n) is 4.76. The van der Waals surface area contributed by atoms with E-state index in [-0.39, 0.29) is 17.8 Å². The third kappa shape index (κ3) is 1.76. The summed E-state index contributed by atoms with van der Waals surface area (Å²) in [5, 5.41) is 20.9. The zero-order valence-corrected chi connectivity index (χ0v) is 9.57. The summed E-state index contributed by atoms with van der Waals surface area (Å²) >= 11 is 0. The molecule has 0 aliphatic heterocycles. The lowest BCUT2D eigenvalue weighted by Crippen LogP contribution is -2.21. The molecule has 84 valence electrons. The number of hydrogen-bond acceptors (Lipinski definition) is 2. The van der Waals surface area contributed by atoms with Gasteiger partial charge in [0.2, 0.25) is 0 Å². The fourth-order valence-corrected chi connectivity index (χ4v) is 1.77. The van der Waals surface area contributed by atoms with Crippen LogP contribution in [-0.4, -0.2) is 16.8 Å². The standard InChI is InChI=1S/C14H16O2/c1-14(2,9-15)11-7-6-10-4-3-5-13(16)12(10)8-11/h3-8,15-16H,9H2,1-2H3. The van der Waals surface area contributed by atoms with Crippen molar-refractivity contribution in [3.63, 3.8) is 0 Å². The lowest BCUT2D eigenvalue weighted by atomic mass is 9.84. The first-order valence-electron chi connectivity index (χ1n) is 5.38. The highest BCUT2D eigenvalue weighted by Gasteiger charge is 2.19. The van der Waals surface area contributed by atoms with E-state index in [0.717, 1.165) is 16.3 Å². The Labute approximate surface area is 95.2 Å². The summed E-state index contributed by atoms with van der Waals surface area (Å²) in [6.45, 7) is 4.05. The number of aliphatic hydroxyl groups is 1. The Hall–Kier alpha value is -1.54. The first-order chi connectivity index (χ1) is 7.54. The highest BCUT2D eigenvalue weighted by Crippen LogP contribution is 2.30. The van der Waals surface area contributed by atoms with Crippen molar-refractivity contribution in [2.75, 3.05) is 6.61 Å². The van der Waals surface area contributed by atoms with Crippen molar-refractivity contribution in [2.24, 2.45) is 0 Å². The molecule has 16 heavy (non-hydrogen) atoms. The molecule has 2 heteroatoms. The minimum Gasteiger partial charge on any atom is -0.507 e. The highest BCUT2D eigenvalue weighted by molar-refractivity contribution is 5.88. The molecule has 2 rings (SSSR count). The van der Waals surface area contributed by atoms with Gasteiger partial charge in [-0.15, -0.1) is 0 Å². The van der Waals surface area contributed by atoms with Crippen molar-refractivity contribution in [1.29, 1.82) is 0 Å². The topological polar surface area (TPSA) is 40.5 Å². The number of benzene rings is 2. The number of rotatable bonds is 2. The Bertz CT molecular complexity index is 515. The number of phenolic OH excluding ortho intramolecular Hbond substituents is 1. The molecule has 0 fully saturated rings. The number of aliphatic hydroxyl groups excluding tert-OH is 1. The molecule has 0 aliphatic carbocycles. The van der Waals surface area contributed by atoms with Gasteiger partial charge in [-0.3, -0.25) is 0 Å². The van der Waals surface area contributed by atoms with E-state index in [1.54, 1.807) is 6.07 Å². The summed E-state index contributed by atoms with van der Waals surface area (Å²) in [7, 11) is 0. The maximum atomic E-state index is 9.77. The molecule has 0 amide bonds. The van der Waals surface area contributed by atoms with Gasteiger partial charge in [-0.2, -0.15) is 0 Å². The van der Waals surface area contributed by atoms with Crippen LogP contribution in [0.15, 0.2) is 36.4 Å². The fraction of sp³-hybridized carbons (Fsp3) is 0.286. The van der Waals surface area contributed by atoms with Crippen LogP contribution in [0.2, 0.25) is 0 Å². The Balaban J connectivity index is 2.64. The maximum absolute atomic E-state index is 9.77. The van der Waals surface area contributed by atoms with Gasteiger partial charge in [-0.1, -0.05) is 38.1 Å². The van der Waals surface area contributed by atoms with Gasteiger partial charge in [0, 0.05) is 10.8 Å². The molecule has 0 saturated carbocycles. The molecule has 0 aliphatic rings. The van der Waals surface area contributed by atoms with Crippen LogP contribution in [0.4, 0.5) is 0 Å². The molecule has 0 saturated heterocycles. The minimum atomic E-state index is -0.281. The molecule has 2 N–H and O–H groups in total. The molecule has 2 nitrogen and oxygen atoms in total. The maximum Gasteiger partial charge on any atom is 0.123 e. The SMILES string of the molecule is CC(C)(CO)c1ccc2cccc(O)c2c1. The van der Waals surface area contributed by atoms with Gasteiger partial charge >= 0.3 is 0 Å². The Morgan fingerprint density at radius 2 is 1.88 bits per heavy atom. The lowest BCUT2D eigenvalue weighted by Gasteiger charge is -2.22. The van der Waals surface area contributed by atoms with Gasteiger partial charge in [0.05, 0.1) is 6.61 Å². The second-order valence-corrected chi connectivity index (χ2v) is 4.76. The average molecular weight is 216 g/mol. The van der Waals surface area contributed by atoms with Crippen LogP contribution < -0.4 is 0 Å². The van der Waals surface area contributed by atoms with E-state index in [4.69, 9.17) is 0 Å². The van der Waals surface area contributed by atoms with Crippen molar-refractivity contribution < 1.29 is 10.2 Å². The molecular weight excluding hydrogens is 200 g/mol. The highest BCUT2D eigenvalue weighted by atomic mass is 16.3. The van der Waals surface area contributed by atoms with E-state index in [1.807, 2.05) is 44.2 Å². The average Bonchev–Trinajstić information content (AvgIpc) is 2.29. The molecule has 0 radical (unpaired) electrons. The molecule has 0 unspecified atom stereocenters. The van der Waals surface area contributed by atoms with Crippen LogP contribution in [0.5, 0.6) is 5.75 Å². The number of aromatic hydroxyl groups is 1. The summed E-state index contributed by atoms with van der Waals surface area (Å²) < 4.78 is 0. The van der Waals surface area contributed by atoms with Crippen LogP contribution in [0.25, 0.3) is 10.8 Å². The number of hydrogen-bond donors (Lipinski definition) is 2. The van der Waals surface area contributed by atoms with E-state index in [0.29, 0.717) is 0 Å². The molecule has 0 atom stereocenters. The van der Waals surface area contributed by atoms with Gasteiger partial charge in [0.1, 0.15) is 5.75 Å². The lowest BCUT2D eigenvalue weighted by molar-refractivity contribution is 0.218. The van der Waals surface area contributed by atoms with Crippen molar-refractivity contribution >= 4 is 10.8 Å². The van der Waals surface area contributed by atoms with Crippen LogP contribution in [0, 0.1) is 0 Å². The third-order valence-electron chi connectivity index (χ3n) is 3.04. The molecule has 0 bridgehead atoms. The first kappa shape index (κ1) is 11.0. The Morgan fingerprint density at radius 3 is 2.56 bits per heavy atom. The van der Waals surface area contributed by atoms with Crippen molar-refractivity contribution in [1.82, 2.24) is 0 Å². The fourth-order valence-electron chi connectivity index (χ4n) is 1.77. The summed E-state index contributed by atoms with van der Waals surface area (Å²) in [4.78, 5) is 0. The third-order valence-corrected chi connectivity index (χ3v) is 3.04. The second kappa shape index (κ2) is 3.80. The Morgan fingerprint density at radius 1 is 1.12 bits per heavy atom. The number of fused-ring (bicyclic) bond motifs is 1. The van der Waals surface area contributed by atoms with E-state index in [1.165, 1.54) is 0 Å². The summed E-state index contributed by atoms with van der Waals surface area (Å²) in [6, 6.07) is 11.4. The van der Waals surface area contributed by atoms with Crippen LogP contribution in [-0.2, 0) is 5.41 Å². The first-order valence-corrected chi connectivity index (χ1v) is 5.38. The van der Waals surface area contributed by atoms with E-state index in [2.05, 4.69) is 0 Å². The van der Waals surface area contributed by atoms with Crippen LogP contribution in [0.3, 0.4) is 0 Å². The molecular formula is C14H16O2. The molecule has 2 aromatic rings. The van der Waals surface area contributed by atoms with Gasteiger partial charge < -0.3 is 10.2 Å². The molecule has 0 spiro atoms. The smallest absolute Gasteiger partial charge is 0.123 e. The predicted octanol–water partition coefficient (Wildman–Crippen LogP) is 2.82. The van der Waals surface area contributed by atoms with Crippen molar-refractivity contribution in [3.05, 3.63) is 42.0 Å².